The average Bonchev–Trinajstić information content (AvgIpc) is 2.84. The van der Waals surface area contributed by atoms with Crippen LogP contribution in [0.5, 0.6) is 0 Å². The second-order valence-corrected chi connectivity index (χ2v) is 5.80. The minimum atomic E-state index is -0.716. The number of anilines is 1. The number of carbonyl (C=O) groups excluding carboxylic acids is 2. The zero-order valence-electron chi connectivity index (χ0n) is 11.3. The highest BCUT2D eigenvalue weighted by molar-refractivity contribution is 5.97. The summed E-state index contributed by atoms with van der Waals surface area (Å²) >= 11 is 0. The van der Waals surface area contributed by atoms with E-state index in [0.717, 1.165) is 6.42 Å². The molecule has 1 fully saturated rings. The maximum Gasteiger partial charge on any atom is 0.304 e. The average molecular weight is 273 g/mol. The Morgan fingerprint density at radius 3 is 2.75 bits per heavy atom. The highest BCUT2D eigenvalue weighted by Gasteiger charge is 2.50. The lowest BCUT2D eigenvalue weighted by molar-refractivity contribution is -0.118. The van der Waals surface area contributed by atoms with Crippen molar-refractivity contribution in [2.75, 3.05) is 5.32 Å². The first kappa shape index (κ1) is 12.7. The number of rotatable bonds is 3. The molecule has 0 radical (unpaired) electrons. The van der Waals surface area contributed by atoms with Gasteiger partial charge in [-0.3, -0.25) is 9.59 Å². The number of primary amides is 1. The van der Waals surface area contributed by atoms with Gasteiger partial charge < -0.3 is 15.5 Å². The summed E-state index contributed by atoms with van der Waals surface area (Å²) in [6.45, 7) is 4.13. The number of nitrogens with two attached hydrogens (primary N) is 1. The standard InChI is InChI=1S/C14H15N3O3/c1-14(2)6-8(14)12(19)16-7-3-4-10-9(5-7)17-13(20-10)11(15)18/h3-5,8H,6H2,1-2H3,(H2,15,18)(H,16,19)/t8-/m1/s1. The van der Waals surface area contributed by atoms with Gasteiger partial charge in [0.05, 0.1) is 0 Å². The van der Waals surface area contributed by atoms with Gasteiger partial charge in [-0.25, -0.2) is 4.98 Å². The molecular formula is C14H15N3O3. The number of oxazole rings is 1. The summed E-state index contributed by atoms with van der Waals surface area (Å²) in [7, 11) is 0. The van der Waals surface area contributed by atoms with Crippen molar-refractivity contribution in [3.05, 3.63) is 24.1 Å². The maximum absolute atomic E-state index is 12.0. The van der Waals surface area contributed by atoms with Gasteiger partial charge in [0.15, 0.2) is 5.58 Å². The molecule has 0 bridgehead atoms. The van der Waals surface area contributed by atoms with E-state index in [1.165, 1.54) is 0 Å². The number of nitrogens with zero attached hydrogens (tertiary/aromatic N) is 1. The van der Waals surface area contributed by atoms with Gasteiger partial charge in [-0.2, -0.15) is 0 Å². The molecule has 2 aromatic rings. The molecule has 3 N–H and O–H groups in total. The van der Waals surface area contributed by atoms with Crippen molar-refractivity contribution in [3.8, 4) is 0 Å². The number of amides is 2. The highest BCUT2D eigenvalue weighted by Crippen LogP contribution is 2.52. The van der Waals surface area contributed by atoms with Crippen LogP contribution < -0.4 is 11.1 Å². The first-order chi connectivity index (χ1) is 9.37. The molecule has 1 aromatic heterocycles. The van der Waals surface area contributed by atoms with Crippen LogP contribution in [0.1, 0.15) is 31.0 Å². The van der Waals surface area contributed by atoms with E-state index in [2.05, 4.69) is 24.1 Å². The van der Waals surface area contributed by atoms with Crippen LogP contribution in [-0.4, -0.2) is 16.8 Å². The van der Waals surface area contributed by atoms with Gasteiger partial charge in [0.2, 0.25) is 5.91 Å². The molecule has 1 atom stereocenters. The van der Waals surface area contributed by atoms with Gasteiger partial charge in [0, 0.05) is 11.6 Å². The van der Waals surface area contributed by atoms with Crippen molar-refractivity contribution in [1.82, 2.24) is 4.98 Å². The van der Waals surface area contributed by atoms with Crippen LogP contribution in [0.3, 0.4) is 0 Å². The molecule has 6 heteroatoms. The van der Waals surface area contributed by atoms with E-state index < -0.39 is 5.91 Å². The summed E-state index contributed by atoms with van der Waals surface area (Å²) in [5.74, 6) is -0.789. The monoisotopic (exact) mass is 273 g/mol. The van der Waals surface area contributed by atoms with Crippen molar-refractivity contribution < 1.29 is 14.0 Å². The molecule has 3 rings (SSSR count). The third-order valence-electron chi connectivity index (χ3n) is 3.70. The molecule has 6 nitrogen and oxygen atoms in total. The Kier molecular flexibility index (Phi) is 2.57. The van der Waals surface area contributed by atoms with Crippen molar-refractivity contribution in [3.63, 3.8) is 0 Å². The summed E-state index contributed by atoms with van der Waals surface area (Å²) < 4.78 is 5.18. The molecule has 0 saturated heterocycles. The van der Waals surface area contributed by atoms with E-state index in [9.17, 15) is 9.59 Å². The molecule has 1 aliphatic rings. The van der Waals surface area contributed by atoms with Crippen molar-refractivity contribution in [2.45, 2.75) is 20.3 Å². The third kappa shape index (κ3) is 2.13. The minimum absolute atomic E-state index is 0.00738. The number of carbonyl (C=O) groups is 2. The summed E-state index contributed by atoms with van der Waals surface area (Å²) in [6, 6.07) is 5.03. The van der Waals surface area contributed by atoms with E-state index in [0.29, 0.717) is 16.8 Å². The van der Waals surface area contributed by atoms with Crippen LogP contribution in [0.4, 0.5) is 5.69 Å². The van der Waals surface area contributed by atoms with Gasteiger partial charge >= 0.3 is 5.91 Å². The molecule has 104 valence electrons. The fourth-order valence-corrected chi connectivity index (χ4v) is 2.25. The van der Waals surface area contributed by atoms with Crippen LogP contribution in [0.15, 0.2) is 22.6 Å². The molecule has 1 aromatic carbocycles. The summed E-state index contributed by atoms with van der Waals surface area (Å²) in [5, 5.41) is 2.85. The predicted octanol–water partition coefficient (Wildman–Crippen LogP) is 1.91. The molecule has 1 saturated carbocycles. The largest absolute Gasteiger partial charge is 0.432 e. The Hall–Kier alpha value is -2.37. The molecule has 2 amide bonds. The van der Waals surface area contributed by atoms with Crippen LogP contribution in [0.2, 0.25) is 0 Å². The van der Waals surface area contributed by atoms with E-state index in [1.807, 2.05) is 0 Å². The summed E-state index contributed by atoms with van der Waals surface area (Å²) in [6.07, 6.45) is 0.900. The number of nitrogens with one attached hydrogen (secondary N) is 1. The van der Waals surface area contributed by atoms with Crippen LogP contribution in [0.25, 0.3) is 11.1 Å². The molecule has 20 heavy (non-hydrogen) atoms. The van der Waals surface area contributed by atoms with E-state index in [4.69, 9.17) is 10.2 Å². The van der Waals surface area contributed by atoms with Gasteiger partial charge in [0.25, 0.3) is 5.89 Å². The molecule has 0 aliphatic heterocycles. The summed E-state index contributed by atoms with van der Waals surface area (Å²) in [4.78, 5) is 27.0. The fourth-order valence-electron chi connectivity index (χ4n) is 2.25. The van der Waals surface area contributed by atoms with Gasteiger partial charge in [-0.15, -0.1) is 0 Å². The van der Waals surface area contributed by atoms with Crippen LogP contribution >= 0.6 is 0 Å². The molecule has 1 heterocycles. The number of hydrogen-bond donors (Lipinski definition) is 2. The number of fused-ring (bicyclic) bond motifs is 1. The zero-order valence-corrected chi connectivity index (χ0v) is 11.3. The summed E-state index contributed by atoms with van der Waals surface area (Å²) in [5.41, 5.74) is 6.78. The van der Waals surface area contributed by atoms with Crippen molar-refractivity contribution in [1.29, 1.82) is 0 Å². The lowest BCUT2D eigenvalue weighted by atomic mass is 10.1. The van der Waals surface area contributed by atoms with Crippen molar-refractivity contribution >= 4 is 28.6 Å². The number of hydrogen-bond acceptors (Lipinski definition) is 4. The SMILES string of the molecule is CC1(C)C[C@@H]1C(=O)Nc1ccc2oc(C(N)=O)nc2c1. The second kappa shape index (κ2) is 4.06. The topological polar surface area (TPSA) is 98.2 Å². The van der Waals surface area contributed by atoms with Crippen molar-refractivity contribution in [2.24, 2.45) is 17.1 Å². The van der Waals surface area contributed by atoms with Gasteiger partial charge in [0.1, 0.15) is 5.52 Å². The van der Waals surface area contributed by atoms with Crippen LogP contribution in [0, 0.1) is 11.3 Å². The Balaban J connectivity index is 1.82. The maximum atomic E-state index is 12.0. The first-order valence-corrected chi connectivity index (χ1v) is 6.38. The first-order valence-electron chi connectivity index (χ1n) is 6.38. The number of aromatic nitrogens is 1. The Morgan fingerprint density at radius 2 is 2.15 bits per heavy atom. The van der Waals surface area contributed by atoms with Gasteiger partial charge in [-0.05, 0) is 30.0 Å². The highest BCUT2D eigenvalue weighted by atomic mass is 16.4. The molecule has 1 aliphatic carbocycles. The normalized spacial score (nSPS) is 19.8. The van der Waals surface area contributed by atoms with E-state index in [1.54, 1.807) is 18.2 Å². The Bertz CT molecular complexity index is 718. The molecule has 0 spiro atoms. The Morgan fingerprint density at radius 1 is 1.45 bits per heavy atom. The second-order valence-electron chi connectivity index (χ2n) is 5.80. The minimum Gasteiger partial charge on any atom is -0.432 e. The zero-order chi connectivity index (χ0) is 14.5. The van der Waals surface area contributed by atoms with E-state index in [-0.39, 0.29) is 23.1 Å². The Labute approximate surface area is 115 Å². The van der Waals surface area contributed by atoms with Gasteiger partial charge in [-0.1, -0.05) is 13.8 Å². The number of benzene rings is 1. The fraction of sp³-hybridized carbons (Fsp3) is 0.357. The smallest absolute Gasteiger partial charge is 0.304 e. The predicted molar refractivity (Wildman–Crippen MR) is 73.0 cm³/mol. The lowest BCUT2D eigenvalue weighted by Gasteiger charge is -2.06. The quantitative estimate of drug-likeness (QED) is 0.892. The van der Waals surface area contributed by atoms with E-state index >= 15 is 0 Å². The lowest BCUT2D eigenvalue weighted by Crippen LogP contribution is -2.16. The third-order valence-corrected chi connectivity index (χ3v) is 3.70. The van der Waals surface area contributed by atoms with Crippen LogP contribution in [-0.2, 0) is 4.79 Å². The molecular weight excluding hydrogens is 258 g/mol. The molecule has 0 unspecified atom stereocenters.